The second-order valence-electron chi connectivity index (χ2n) is 19.6. The van der Waals surface area contributed by atoms with Crippen LogP contribution in [-0.4, -0.2) is 47.2 Å². The molecule has 1 aromatic rings. The third kappa shape index (κ3) is 6.21. The molecule has 0 bridgehead atoms. The molecule has 1 aromatic carbocycles. The maximum absolute atomic E-state index is 14.7. The molecule has 286 valence electrons. The topological polar surface area (TPSA) is 74.7 Å². The van der Waals surface area contributed by atoms with Gasteiger partial charge in [-0.25, -0.2) is 4.79 Å². The van der Waals surface area contributed by atoms with Crippen molar-refractivity contribution in [3.05, 3.63) is 53.6 Å². The normalized spacial score (nSPS) is 37.6. The number of carbonyl (C=O) groups excluding carboxylic acids is 2. The summed E-state index contributed by atoms with van der Waals surface area (Å²) in [5.74, 6) is 2.43. The van der Waals surface area contributed by atoms with Crippen LogP contribution in [0.2, 0.25) is 0 Å². The zero-order valence-corrected chi connectivity index (χ0v) is 33.9. The second kappa shape index (κ2) is 14.3. The molecule has 9 atom stereocenters. The van der Waals surface area contributed by atoms with Crippen molar-refractivity contribution in [2.75, 3.05) is 19.6 Å². The molecule has 5 nitrogen and oxygen atoms in total. The molecule has 0 aromatic heterocycles. The standard InChI is InChI=1S/C47H69NO4/c1-10-28-48(30-22-32(4)49)29-11-12-40(50)47-25-19-35(31(2)3)41(47)37-17-18-39-44(7)23-20-36(33-13-15-34(16-14-33)42(51)52)43(5,6)38(44)21-24-46(39,9)45(37,8)26-27-47/h13-16,20,35,37-39,41H,2,10-12,17-19,21-30H2,1,3-9H3,(H,51,52)/t35-,37+,38-,39+,41+,44-,45+,46+,47+/m0/s1. The summed E-state index contributed by atoms with van der Waals surface area (Å²) in [4.78, 5) is 40.4. The minimum atomic E-state index is -0.876. The van der Waals surface area contributed by atoms with E-state index in [0.717, 1.165) is 70.1 Å². The average molecular weight is 712 g/mol. The highest BCUT2D eigenvalue weighted by atomic mass is 16.4. The van der Waals surface area contributed by atoms with Gasteiger partial charge in [-0.05, 0) is 172 Å². The van der Waals surface area contributed by atoms with Crippen molar-refractivity contribution in [2.24, 2.45) is 56.7 Å². The highest BCUT2D eigenvalue weighted by molar-refractivity contribution is 5.88. The number of rotatable bonds is 13. The lowest BCUT2D eigenvalue weighted by Crippen LogP contribution is -2.65. The molecule has 1 N–H and O–H groups in total. The molecular weight excluding hydrogens is 643 g/mol. The molecule has 5 aliphatic carbocycles. The van der Waals surface area contributed by atoms with Gasteiger partial charge in [0, 0.05) is 24.8 Å². The molecule has 5 heteroatoms. The van der Waals surface area contributed by atoms with Gasteiger partial charge >= 0.3 is 5.97 Å². The van der Waals surface area contributed by atoms with E-state index in [4.69, 9.17) is 0 Å². The molecular formula is C47H69NO4. The summed E-state index contributed by atoms with van der Waals surface area (Å²) >= 11 is 0. The van der Waals surface area contributed by atoms with Crippen molar-refractivity contribution in [1.82, 2.24) is 4.90 Å². The Morgan fingerprint density at radius 1 is 0.827 bits per heavy atom. The van der Waals surface area contributed by atoms with E-state index in [1.54, 1.807) is 19.1 Å². The zero-order valence-electron chi connectivity index (χ0n) is 33.9. The first-order valence-electron chi connectivity index (χ1n) is 20.9. The fourth-order valence-corrected chi connectivity index (χ4v) is 14.2. The third-order valence-electron chi connectivity index (χ3n) is 16.8. The van der Waals surface area contributed by atoms with Crippen LogP contribution in [0.25, 0.3) is 5.57 Å². The van der Waals surface area contributed by atoms with Gasteiger partial charge in [0.2, 0.25) is 0 Å². The molecule has 6 rings (SSSR count). The Kier molecular flexibility index (Phi) is 10.8. The van der Waals surface area contributed by atoms with Crippen LogP contribution < -0.4 is 0 Å². The predicted molar refractivity (Wildman–Crippen MR) is 212 cm³/mol. The molecule has 0 saturated heterocycles. The zero-order chi connectivity index (χ0) is 37.9. The summed E-state index contributed by atoms with van der Waals surface area (Å²) in [6.45, 7) is 26.2. The second-order valence-corrected chi connectivity index (χ2v) is 19.6. The fraction of sp³-hybridized carbons (Fsp3) is 0.723. The van der Waals surface area contributed by atoms with Crippen LogP contribution in [0.3, 0.4) is 0 Å². The van der Waals surface area contributed by atoms with Gasteiger partial charge in [0.1, 0.15) is 11.6 Å². The van der Waals surface area contributed by atoms with Crippen molar-refractivity contribution in [1.29, 1.82) is 0 Å². The number of hydrogen-bond acceptors (Lipinski definition) is 4. The van der Waals surface area contributed by atoms with Crippen LogP contribution in [-0.2, 0) is 9.59 Å². The Bertz CT molecular complexity index is 1590. The molecule has 4 fully saturated rings. The van der Waals surface area contributed by atoms with Crippen molar-refractivity contribution in [3.8, 4) is 0 Å². The van der Waals surface area contributed by atoms with Crippen LogP contribution >= 0.6 is 0 Å². The van der Waals surface area contributed by atoms with Gasteiger partial charge in [-0.3, -0.25) is 9.59 Å². The van der Waals surface area contributed by atoms with Crippen LogP contribution in [0.15, 0.2) is 42.5 Å². The molecule has 0 amide bonds. The van der Waals surface area contributed by atoms with Crippen molar-refractivity contribution >= 4 is 23.1 Å². The number of carboxylic acids is 1. The third-order valence-corrected chi connectivity index (χ3v) is 16.8. The molecule has 0 spiro atoms. The first kappa shape index (κ1) is 39.2. The number of ketones is 2. The van der Waals surface area contributed by atoms with E-state index in [2.05, 4.69) is 66.0 Å². The van der Waals surface area contributed by atoms with E-state index < -0.39 is 5.97 Å². The number of benzene rings is 1. The van der Waals surface area contributed by atoms with E-state index in [0.29, 0.717) is 53.8 Å². The van der Waals surface area contributed by atoms with Crippen LogP contribution in [0.1, 0.15) is 155 Å². The first-order valence-corrected chi connectivity index (χ1v) is 20.9. The van der Waals surface area contributed by atoms with Gasteiger partial charge in [-0.2, -0.15) is 0 Å². The van der Waals surface area contributed by atoms with Crippen LogP contribution in [0.5, 0.6) is 0 Å². The van der Waals surface area contributed by atoms with Gasteiger partial charge in [-0.15, -0.1) is 0 Å². The highest BCUT2D eigenvalue weighted by Gasteiger charge is 2.71. The van der Waals surface area contributed by atoms with Gasteiger partial charge in [0.25, 0.3) is 0 Å². The number of nitrogens with zero attached hydrogens (tertiary/aromatic N) is 1. The number of hydrogen-bond donors (Lipinski definition) is 1. The van der Waals surface area contributed by atoms with E-state index in [-0.39, 0.29) is 32.9 Å². The fourth-order valence-electron chi connectivity index (χ4n) is 14.2. The van der Waals surface area contributed by atoms with E-state index in [1.807, 2.05) is 12.1 Å². The smallest absolute Gasteiger partial charge is 0.335 e. The van der Waals surface area contributed by atoms with Gasteiger partial charge in [-0.1, -0.05) is 71.9 Å². The Morgan fingerprint density at radius 2 is 1.54 bits per heavy atom. The SMILES string of the molecule is C=C(C)[C@@H]1CC[C@]2(C(=O)CCCN(CCC)CCC(C)=O)CC[C@]3(C)[C@H](CC[C@@H]4[C@@]5(C)CC=C(c6ccc(C(=O)O)cc6)C(C)(C)[C@@H]5CC[C@]43C)[C@@H]12. The number of carboxylic acid groups (broad SMARTS) is 1. The number of aromatic carboxylic acids is 1. The van der Waals surface area contributed by atoms with Crippen LogP contribution in [0, 0.1) is 56.7 Å². The summed E-state index contributed by atoms with van der Waals surface area (Å²) in [5.41, 5.74) is 4.52. The quantitative estimate of drug-likeness (QED) is 0.206. The minimum Gasteiger partial charge on any atom is -0.478 e. The summed E-state index contributed by atoms with van der Waals surface area (Å²) < 4.78 is 0. The Hall–Kier alpha value is -2.53. The largest absolute Gasteiger partial charge is 0.478 e. The molecule has 5 aliphatic rings. The molecule has 52 heavy (non-hydrogen) atoms. The van der Waals surface area contributed by atoms with Gasteiger partial charge in [0.15, 0.2) is 0 Å². The lowest BCUT2D eigenvalue weighted by atomic mass is 9.32. The summed E-state index contributed by atoms with van der Waals surface area (Å²) in [6, 6.07) is 7.55. The van der Waals surface area contributed by atoms with E-state index in [1.165, 1.54) is 36.8 Å². The Labute approximate surface area is 315 Å². The Balaban J connectivity index is 1.26. The van der Waals surface area contributed by atoms with Crippen LogP contribution in [0.4, 0.5) is 0 Å². The minimum absolute atomic E-state index is 0.0137. The van der Waals surface area contributed by atoms with Crippen molar-refractivity contribution in [2.45, 2.75) is 139 Å². The van der Waals surface area contributed by atoms with Gasteiger partial charge in [0.05, 0.1) is 5.56 Å². The maximum atomic E-state index is 14.7. The molecule has 0 heterocycles. The molecule has 0 unspecified atom stereocenters. The van der Waals surface area contributed by atoms with Gasteiger partial charge < -0.3 is 10.0 Å². The van der Waals surface area contributed by atoms with Crippen molar-refractivity contribution in [3.63, 3.8) is 0 Å². The monoisotopic (exact) mass is 712 g/mol. The lowest BCUT2D eigenvalue weighted by molar-refractivity contribution is -0.224. The summed E-state index contributed by atoms with van der Waals surface area (Å²) in [5, 5.41) is 9.50. The molecule has 0 radical (unpaired) electrons. The molecule has 0 aliphatic heterocycles. The Morgan fingerprint density at radius 3 is 2.17 bits per heavy atom. The summed E-state index contributed by atoms with van der Waals surface area (Å²) in [6.07, 6.45) is 16.0. The number of Topliss-reactive ketones (excluding diaryl/α,β-unsaturated/α-hetero) is 2. The highest BCUT2D eigenvalue weighted by Crippen LogP contribution is 2.78. The van der Waals surface area contributed by atoms with Crippen molar-refractivity contribution < 1.29 is 19.5 Å². The average Bonchev–Trinajstić information content (AvgIpc) is 3.49. The predicted octanol–water partition coefficient (Wildman–Crippen LogP) is 11.1. The number of carbonyl (C=O) groups is 3. The lowest BCUT2D eigenvalue weighted by Gasteiger charge is -2.72. The van der Waals surface area contributed by atoms with E-state index >= 15 is 0 Å². The number of allylic oxidation sites excluding steroid dienone is 3. The first-order chi connectivity index (χ1) is 24.5. The molecule has 4 saturated carbocycles. The summed E-state index contributed by atoms with van der Waals surface area (Å²) in [7, 11) is 0. The van der Waals surface area contributed by atoms with E-state index in [9.17, 15) is 19.5 Å². The maximum Gasteiger partial charge on any atom is 0.335 e. The number of fused-ring (bicyclic) bond motifs is 7.